The molecule has 0 aromatic carbocycles. The molecule has 3 heterocycles. The number of rotatable bonds is 5. The Bertz CT molecular complexity index is 659. The highest BCUT2D eigenvalue weighted by Crippen LogP contribution is 2.26. The summed E-state index contributed by atoms with van der Waals surface area (Å²) in [5, 5.41) is 4.69. The lowest BCUT2D eigenvalue weighted by Crippen LogP contribution is -2.37. The van der Waals surface area contributed by atoms with Crippen molar-refractivity contribution >= 4 is 0 Å². The molecule has 5 nitrogen and oxygen atoms in total. The molecule has 1 saturated heterocycles. The van der Waals surface area contributed by atoms with Gasteiger partial charge in [0.1, 0.15) is 17.6 Å². The molecule has 1 aliphatic heterocycles. The lowest BCUT2D eigenvalue weighted by molar-refractivity contribution is -0.0431. The molecule has 1 unspecified atom stereocenters. The van der Waals surface area contributed by atoms with E-state index >= 15 is 0 Å². The number of morpholine rings is 1. The van der Waals surface area contributed by atoms with Gasteiger partial charge in [-0.2, -0.15) is 5.10 Å². The van der Waals surface area contributed by atoms with E-state index in [1.54, 1.807) is 0 Å². The first-order chi connectivity index (χ1) is 11.1. The molecule has 0 saturated carbocycles. The third kappa shape index (κ3) is 3.51. The fourth-order valence-electron chi connectivity index (χ4n) is 3.26. The van der Waals surface area contributed by atoms with Crippen LogP contribution in [0.15, 0.2) is 16.5 Å². The Balaban J connectivity index is 1.70. The van der Waals surface area contributed by atoms with Gasteiger partial charge in [-0.25, -0.2) is 0 Å². The van der Waals surface area contributed by atoms with Gasteiger partial charge in [-0.15, -0.1) is 0 Å². The van der Waals surface area contributed by atoms with Crippen LogP contribution in [0, 0.1) is 20.8 Å². The summed E-state index contributed by atoms with van der Waals surface area (Å²) in [5.41, 5.74) is 3.80. The van der Waals surface area contributed by atoms with E-state index < -0.39 is 0 Å². The molecule has 0 amide bonds. The average molecular weight is 317 g/mol. The number of furan rings is 1. The van der Waals surface area contributed by atoms with Crippen molar-refractivity contribution in [2.24, 2.45) is 0 Å². The Hall–Kier alpha value is -1.59. The molecule has 0 N–H and O–H groups in total. The van der Waals surface area contributed by atoms with Crippen molar-refractivity contribution in [3.63, 3.8) is 0 Å². The normalized spacial score (nSPS) is 19.4. The minimum Gasteiger partial charge on any atom is -0.464 e. The summed E-state index contributed by atoms with van der Waals surface area (Å²) in [6.45, 7) is 12.9. The van der Waals surface area contributed by atoms with Gasteiger partial charge in [0.25, 0.3) is 0 Å². The monoisotopic (exact) mass is 317 g/mol. The fraction of sp³-hybridized carbons (Fsp3) is 0.611. The van der Waals surface area contributed by atoms with Crippen LogP contribution in [-0.4, -0.2) is 34.4 Å². The molecule has 0 spiro atoms. The highest BCUT2D eigenvalue weighted by molar-refractivity contribution is 5.24. The molecule has 23 heavy (non-hydrogen) atoms. The summed E-state index contributed by atoms with van der Waals surface area (Å²) >= 11 is 0. The number of ether oxygens (including phenoxy) is 1. The van der Waals surface area contributed by atoms with Gasteiger partial charge in [0.15, 0.2) is 0 Å². The SMILES string of the molecule is CCCn1nc(C)c(CN2CCOC(c3ccc(C)o3)C2)c1C. The van der Waals surface area contributed by atoms with Gasteiger partial charge in [-0.1, -0.05) is 6.92 Å². The Kier molecular flexibility index (Phi) is 4.87. The summed E-state index contributed by atoms with van der Waals surface area (Å²) in [6, 6.07) is 4.03. The summed E-state index contributed by atoms with van der Waals surface area (Å²) in [4.78, 5) is 2.44. The largest absolute Gasteiger partial charge is 0.464 e. The third-order valence-electron chi connectivity index (χ3n) is 4.58. The maximum Gasteiger partial charge on any atom is 0.134 e. The standard InChI is InChI=1S/C18H27N3O2/c1-5-8-21-15(4)16(14(3)19-21)11-20-9-10-22-18(12-20)17-7-6-13(2)23-17/h6-7,18H,5,8-12H2,1-4H3. The van der Waals surface area contributed by atoms with Crippen LogP contribution in [0.4, 0.5) is 0 Å². The Morgan fingerprint density at radius 1 is 1.26 bits per heavy atom. The average Bonchev–Trinajstić information content (AvgIpc) is 3.07. The molecule has 126 valence electrons. The lowest BCUT2D eigenvalue weighted by Gasteiger charge is -2.32. The van der Waals surface area contributed by atoms with Crippen molar-refractivity contribution in [2.45, 2.75) is 53.3 Å². The van der Waals surface area contributed by atoms with Gasteiger partial charge < -0.3 is 9.15 Å². The van der Waals surface area contributed by atoms with Crippen molar-refractivity contribution in [1.82, 2.24) is 14.7 Å². The van der Waals surface area contributed by atoms with E-state index in [0.29, 0.717) is 0 Å². The van der Waals surface area contributed by atoms with Crippen LogP contribution >= 0.6 is 0 Å². The van der Waals surface area contributed by atoms with E-state index in [-0.39, 0.29) is 6.10 Å². The zero-order valence-electron chi connectivity index (χ0n) is 14.6. The van der Waals surface area contributed by atoms with Crippen LogP contribution in [0.5, 0.6) is 0 Å². The maximum atomic E-state index is 5.89. The molecule has 3 rings (SSSR count). The summed E-state index contributed by atoms with van der Waals surface area (Å²) in [5.74, 6) is 1.87. The maximum absolute atomic E-state index is 5.89. The molecule has 0 bridgehead atoms. The minimum absolute atomic E-state index is 0.0312. The number of hydrogen-bond donors (Lipinski definition) is 0. The number of aromatic nitrogens is 2. The van der Waals surface area contributed by atoms with Crippen molar-refractivity contribution in [3.05, 3.63) is 40.6 Å². The Morgan fingerprint density at radius 2 is 2.09 bits per heavy atom. The van der Waals surface area contributed by atoms with Gasteiger partial charge in [0, 0.05) is 37.4 Å². The predicted molar refractivity (Wildman–Crippen MR) is 89.4 cm³/mol. The van der Waals surface area contributed by atoms with Crippen molar-refractivity contribution in [3.8, 4) is 0 Å². The molecule has 1 aliphatic rings. The summed E-state index contributed by atoms with van der Waals surface area (Å²) < 4.78 is 13.8. The quantitative estimate of drug-likeness (QED) is 0.848. The Morgan fingerprint density at radius 3 is 2.78 bits per heavy atom. The van der Waals surface area contributed by atoms with E-state index in [9.17, 15) is 0 Å². The van der Waals surface area contributed by atoms with Crippen molar-refractivity contribution in [1.29, 1.82) is 0 Å². The first kappa shape index (κ1) is 16.3. The smallest absolute Gasteiger partial charge is 0.134 e. The molecule has 0 radical (unpaired) electrons. The second-order valence-electron chi connectivity index (χ2n) is 6.42. The zero-order chi connectivity index (χ0) is 16.4. The van der Waals surface area contributed by atoms with E-state index in [1.165, 1.54) is 11.3 Å². The van der Waals surface area contributed by atoms with Crippen LogP contribution in [0.2, 0.25) is 0 Å². The lowest BCUT2D eigenvalue weighted by atomic mass is 10.1. The highest BCUT2D eigenvalue weighted by Gasteiger charge is 2.25. The van der Waals surface area contributed by atoms with Crippen LogP contribution in [0.25, 0.3) is 0 Å². The first-order valence-electron chi connectivity index (χ1n) is 8.51. The van der Waals surface area contributed by atoms with Gasteiger partial charge in [0.2, 0.25) is 0 Å². The van der Waals surface area contributed by atoms with Crippen molar-refractivity contribution < 1.29 is 9.15 Å². The summed E-state index contributed by atoms with van der Waals surface area (Å²) in [7, 11) is 0. The van der Waals surface area contributed by atoms with E-state index in [2.05, 4.69) is 35.5 Å². The first-order valence-corrected chi connectivity index (χ1v) is 8.51. The van der Waals surface area contributed by atoms with Crippen LogP contribution in [0.1, 0.15) is 47.9 Å². The van der Waals surface area contributed by atoms with Gasteiger partial charge in [-0.3, -0.25) is 9.58 Å². The number of nitrogens with zero attached hydrogens (tertiary/aromatic N) is 3. The molecular weight excluding hydrogens is 290 g/mol. The van der Waals surface area contributed by atoms with Gasteiger partial charge in [-0.05, 0) is 39.3 Å². The van der Waals surface area contributed by atoms with E-state index in [1.807, 2.05) is 19.1 Å². The minimum atomic E-state index is 0.0312. The molecule has 5 heteroatoms. The van der Waals surface area contributed by atoms with Crippen LogP contribution in [-0.2, 0) is 17.8 Å². The van der Waals surface area contributed by atoms with Gasteiger partial charge in [0.05, 0.1) is 12.3 Å². The van der Waals surface area contributed by atoms with Gasteiger partial charge >= 0.3 is 0 Å². The third-order valence-corrected chi connectivity index (χ3v) is 4.58. The number of hydrogen-bond acceptors (Lipinski definition) is 4. The fourth-order valence-corrected chi connectivity index (χ4v) is 3.26. The molecule has 2 aromatic heterocycles. The highest BCUT2D eigenvalue weighted by atomic mass is 16.5. The van der Waals surface area contributed by atoms with Crippen LogP contribution < -0.4 is 0 Å². The predicted octanol–water partition coefficient (Wildman–Crippen LogP) is 3.38. The summed E-state index contributed by atoms with van der Waals surface area (Å²) in [6.07, 6.45) is 1.14. The van der Waals surface area contributed by atoms with E-state index in [4.69, 9.17) is 9.15 Å². The topological polar surface area (TPSA) is 43.4 Å². The number of aryl methyl sites for hydroxylation is 3. The Labute approximate surface area is 138 Å². The molecular formula is C18H27N3O2. The molecule has 0 aliphatic carbocycles. The molecule has 1 fully saturated rings. The molecule has 2 aromatic rings. The van der Waals surface area contributed by atoms with Crippen molar-refractivity contribution in [2.75, 3.05) is 19.7 Å². The van der Waals surface area contributed by atoms with Crippen LogP contribution in [0.3, 0.4) is 0 Å². The zero-order valence-corrected chi connectivity index (χ0v) is 14.6. The van der Waals surface area contributed by atoms with E-state index in [0.717, 1.165) is 56.4 Å². The molecule has 1 atom stereocenters. The second kappa shape index (κ2) is 6.89. The second-order valence-corrected chi connectivity index (χ2v) is 6.42.